The van der Waals surface area contributed by atoms with E-state index in [0.29, 0.717) is 5.13 Å². The van der Waals surface area contributed by atoms with Crippen molar-refractivity contribution < 1.29 is 9.90 Å². The van der Waals surface area contributed by atoms with E-state index in [2.05, 4.69) is 20.5 Å². The van der Waals surface area contributed by atoms with Gasteiger partial charge < -0.3 is 15.3 Å². The van der Waals surface area contributed by atoms with Crippen LogP contribution >= 0.6 is 11.3 Å². The van der Waals surface area contributed by atoms with Crippen LogP contribution < -0.4 is 10.6 Å². The lowest BCUT2D eigenvalue weighted by atomic mass is 10.0. The third-order valence-corrected chi connectivity index (χ3v) is 4.58. The summed E-state index contributed by atoms with van der Waals surface area (Å²) in [7, 11) is 0. The Bertz CT molecular complexity index is 458. The Labute approximate surface area is 129 Å². The zero-order valence-corrected chi connectivity index (χ0v) is 13.4. The van der Waals surface area contributed by atoms with Crippen molar-refractivity contribution in [2.24, 2.45) is 0 Å². The fraction of sp³-hybridized carbons (Fsp3) is 0.714. The summed E-state index contributed by atoms with van der Waals surface area (Å²) in [5, 5.41) is 18.0. The molecule has 1 atom stereocenters. The molecule has 0 unspecified atom stereocenters. The third-order valence-electron chi connectivity index (χ3n) is 3.70. The first-order valence-electron chi connectivity index (χ1n) is 7.47. The van der Waals surface area contributed by atoms with E-state index in [1.54, 1.807) is 0 Å². The Kier molecular flexibility index (Phi) is 5.96. The Morgan fingerprint density at radius 2 is 2.29 bits per heavy atom. The maximum Gasteiger partial charge on any atom is 0.321 e. The number of nitrogens with one attached hydrogen (secondary N) is 2. The topological polar surface area (TPSA) is 77.5 Å². The number of aromatic nitrogens is 1. The molecule has 0 radical (unpaired) electrons. The van der Waals surface area contributed by atoms with Crippen LogP contribution in [-0.2, 0) is 0 Å². The van der Waals surface area contributed by atoms with Crippen LogP contribution in [-0.4, -0.2) is 52.8 Å². The minimum atomic E-state index is -0.244. The predicted molar refractivity (Wildman–Crippen MR) is 84.8 cm³/mol. The number of aliphatic hydroxyl groups is 1. The number of anilines is 1. The highest BCUT2D eigenvalue weighted by Crippen LogP contribution is 2.15. The molecule has 21 heavy (non-hydrogen) atoms. The maximum atomic E-state index is 11.9. The quantitative estimate of drug-likeness (QED) is 0.775. The molecule has 1 aromatic heterocycles. The number of aliphatic hydroxyl groups excluding tert-OH is 1. The van der Waals surface area contributed by atoms with E-state index in [1.807, 2.05) is 19.2 Å². The van der Waals surface area contributed by atoms with Crippen LogP contribution in [0.5, 0.6) is 0 Å². The van der Waals surface area contributed by atoms with Crippen LogP contribution in [0.4, 0.5) is 9.93 Å². The van der Waals surface area contributed by atoms with E-state index >= 15 is 0 Å². The van der Waals surface area contributed by atoms with Crippen molar-refractivity contribution >= 4 is 22.5 Å². The van der Waals surface area contributed by atoms with Crippen molar-refractivity contribution in [3.63, 3.8) is 0 Å². The summed E-state index contributed by atoms with van der Waals surface area (Å²) >= 11 is 1.43. The first kappa shape index (κ1) is 16.2. The number of amides is 2. The van der Waals surface area contributed by atoms with E-state index in [0.717, 1.165) is 44.6 Å². The van der Waals surface area contributed by atoms with Crippen molar-refractivity contribution in [1.82, 2.24) is 15.2 Å². The van der Waals surface area contributed by atoms with Crippen LogP contribution in [0.2, 0.25) is 0 Å². The largest absolute Gasteiger partial charge is 0.392 e. The number of carbonyl (C=O) groups is 1. The number of aryl methyl sites for hydroxylation is 1. The first-order valence-corrected chi connectivity index (χ1v) is 8.35. The average molecular weight is 312 g/mol. The molecule has 1 aliphatic rings. The molecule has 0 bridgehead atoms. The highest BCUT2D eigenvalue weighted by molar-refractivity contribution is 7.13. The Morgan fingerprint density at radius 3 is 2.86 bits per heavy atom. The standard InChI is InChI=1S/C14H24N4O2S/c1-3-12(19)8-18-6-4-11(5-7-18)16-13(20)17-14-15-10(2)9-21-14/h9,11-12,19H,3-8H2,1-2H3,(H2,15,16,17,20)/t12-/m1/s1. The van der Waals surface area contributed by atoms with Gasteiger partial charge in [0.2, 0.25) is 0 Å². The van der Waals surface area contributed by atoms with Gasteiger partial charge in [0.1, 0.15) is 0 Å². The average Bonchev–Trinajstić information content (AvgIpc) is 2.86. The van der Waals surface area contributed by atoms with Crippen LogP contribution in [0.15, 0.2) is 5.38 Å². The third kappa shape index (κ3) is 5.26. The molecule has 0 aliphatic carbocycles. The first-order chi connectivity index (χ1) is 10.1. The van der Waals surface area contributed by atoms with E-state index in [9.17, 15) is 9.90 Å². The summed E-state index contributed by atoms with van der Waals surface area (Å²) in [4.78, 5) is 18.4. The fourth-order valence-electron chi connectivity index (χ4n) is 2.42. The van der Waals surface area contributed by atoms with Crippen LogP contribution in [0.25, 0.3) is 0 Å². The lowest BCUT2D eigenvalue weighted by molar-refractivity contribution is 0.0925. The minimum absolute atomic E-state index is 0.184. The number of hydrogen-bond acceptors (Lipinski definition) is 5. The summed E-state index contributed by atoms with van der Waals surface area (Å²) in [6.45, 7) is 6.45. The molecule has 1 fully saturated rings. The zero-order valence-electron chi connectivity index (χ0n) is 12.6. The highest BCUT2D eigenvalue weighted by atomic mass is 32.1. The number of β-amino-alcohol motifs (C(OH)–C–C–N with tert-alkyl or cyclic N) is 1. The smallest absolute Gasteiger partial charge is 0.321 e. The summed E-state index contributed by atoms with van der Waals surface area (Å²) < 4.78 is 0. The molecule has 0 spiro atoms. The summed E-state index contributed by atoms with van der Waals surface area (Å²) in [5.74, 6) is 0. The predicted octanol–water partition coefficient (Wildman–Crippen LogP) is 1.81. The zero-order chi connectivity index (χ0) is 15.2. The number of carbonyl (C=O) groups excluding carboxylic acids is 1. The molecule has 6 nitrogen and oxygen atoms in total. The van der Waals surface area contributed by atoms with Gasteiger partial charge in [-0.15, -0.1) is 11.3 Å². The molecule has 2 rings (SSSR count). The van der Waals surface area contributed by atoms with Crippen molar-refractivity contribution in [2.75, 3.05) is 25.0 Å². The van der Waals surface area contributed by atoms with E-state index in [-0.39, 0.29) is 18.2 Å². The van der Waals surface area contributed by atoms with E-state index in [4.69, 9.17) is 0 Å². The monoisotopic (exact) mass is 312 g/mol. The van der Waals surface area contributed by atoms with Crippen LogP contribution in [0, 0.1) is 6.92 Å². The van der Waals surface area contributed by atoms with Crippen molar-refractivity contribution in [3.8, 4) is 0 Å². The second-order valence-corrected chi connectivity index (χ2v) is 6.39. The number of urea groups is 1. The minimum Gasteiger partial charge on any atom is -0.392 e. The highest BCUT2D eigenvalue weighted by Gasteiger charge is 2.22. The number of thiazole rings is 1. The number of rotatable bonds is 5. The van der Waals surface area contributed by atoms with Gasteiger partial charge >= 0.3 is 6.03 Å². The molecule has 7 heteroatoms. The number of hydrogen-bond donors (Lipinski definition) is 3. The van der Waals surface area contributed by atoms with Gasteiger partial charge in [-0.3, -0.25) is 5.32 Å². The molecule has 0 aromatic carbocycles. The van der Waals surface area contributed by atoms with Crippen molar-refractivity contribution in [1.29, 1.82) is 0 Å². The Hall–Kier alpha value is -1.18. The van der Waals surface area contributed by atoms with Crippen molar-refractivity contribution in [2.45, 2.75) is 45.3 Å². The van der Waals surface area contributed by atoms with Crippen LogP contribution in [0.1, 0.15) is 31.9 Å². The van der Waals surface area contributed by atoms with E-state index < -0.39 is 0 Å². The fourth-order valence-corrected chi connectivity index (χ4v) is 3.10. The Balaban J connectivity index is 1.69. The molecular formula is C14H24N4O2S. The molecule has 1 aliphatic heterocycles. The molecule has 2 amide bonds. The molecule has 2 heterocycles. The van der Waals surface area contributed by atoms with Gasteiger partial charge in [-0.1, -0.05) is 6.92 Å². The van der Waals surface area contributed by atoms with Crippen LogP contribution in [0.3, 0.4) is 0 Å². The molecule has 3 N–H and O–H groups in total. The SMILES string of the molecule is CC[C@@H](O)CN1CCC(NC(=O)Nc2nc(C)cs2)CC1. The van der Waals surface area contributed by atoms with Gasteiger partial charge in [0.15, 0.2) is 5.13 Å². The summed E-state index contributed by atoms with van der Waals surface area (Å²) in [6.07, 6.45) is 2.38. The van der Waals surface area contributed by atoms with Gasteiger partial charge in [0.05, 0.1) is 11.8 Å². The van der Waals surface area contributed by atoms with Gasteiger partial charge in [-0.25, -0.2) is 9.78 Å². The molecular weight excluding hydrogens is 288 g/mol. The summed E-state index contributed by atoms with van der Waals surface area (Å²) in [6, 6.07) is 0.0115. The maximum absolute atomic E-state index is 11.9. The van der Waals surface area contributed by atoms with Crippen molar-refractivity contribution in [3.05, 3.63) is 11.1 Å². The number of piperidine rings is 1. The molecule has 1 saturated heterocycles. The summed E-state index contributed by atoms with van der Waals surface area (Å²) in [5.41, 5.74) is 0.915. The van der Waals surface area contributed by atoms with Gasteiger partial charge in [-0.2, -0.15) is 0 Å². The van der Waals surface area contributed by atoms with E-state index in [1.165, 1.54) is 11.3 Å². The molecule has 0 saturated carbocycles. The van der Waals surface area contributed by atoms with Gasteiger partial charge in [0, 0.05) is 31.1 Å². The Morgan fingerprint density at radius 1 is 1.57 bits per heavy atom. The van der Waals surface area contributed by atoms with Gasteiger partial charge in [0.25, 0.3) is 0 Å². The van der Waals surface area contributed by atoms with Gasteiger partial charge in [-0.05, 0) is 26.2 Å². The lowest BCUT2D eigenvalue weighted by Gasteiger charge is -2.33. The molecule has 1 aromatic rings. The number of likely N-dealkylation sites (tertiary alicyclic amines) is 1. The molecule has 118 valence electrons. The second-order valence-electron chi connectivity index (χ2n) is 5.53. The normalized spacial score (nSPS) is 18.4. The second kappa shape index (κ2) is 7.72. The lowest BCUT2D eigenvalue weighted by Crippen LogP contribution is -2.47. The number of nitrogens with zero attached hydrogens (tertiary/aromatic N) is 2.